The average molecular weight is 375 g/mol. The average Bonchev–Trinajstić information content (AvgIpc) is 2.46. The summed E-state index contributed by atoms with van der Waals surface area (Å²) in [5, 5.41) is 13.6. The fourth-order valence-corrected chi connectivity index (χ4v) is 1.93. The lowest BCUT2D eigenvalue weighted by molar-refractivity contribution is -0.141. The van der Waals surface area contributed by atoms with Gasteiger partial charge in [-0.2, -0.15) is 0 Å². The van der Waals surface area contributed by atoms with Crippen molar-refractivity contribution in [2.45, 2.75) is 13.3 Å². The Morgan fingerprint density at radius 2 is 2.00 bits per heavy atom. The van der Waals surface area contributed by atoms with Crippen LogP contribution in [0.2, 0.25) is 0 Å². The van der Waals surface area contributed by atoms with E-state index in [9.17, 15) is 18.8 Å². The van der Waals surface area contributed by atoms with E-state index in [4.69, 9.17) is 5.11 Å². The molecule has 0 radical (unpaired) electrons. The summed E-state index contributed by atoms with van der Waals surface area (Å²) < 4.78 is 13.5. The van der Waals surface area contributed by atoms with Crippen molar-refractivity contribution in [3.05, 3.63) is 34.1 Å². The molecule has 0 fully saturated rings. The van der Waals surface area contributed by atoms with Crippen LogP contribution in [-0.4, -0.2) is 36.0 Å². The molecular weight excluding hydrogens is 359 g/mol. The smallest absolute Gasteiger partial charge is 0.308 e. The summed E-state index contributed by atoms with van der Waals surface area (Å²) in [6, 6.07) is 3.73. The van der Waals surface area contributed by atoms with E-state index in [1.807, 2.05) is 0 Å². The lowest BCUT2D eigenvalue weighted by Gasteiger charge is -2.09. The molecule has 0 aliphatic carbocycles. The van der Waals surface area contributed by atoms with Gasteiger partial charge in [-0.25, -0.2) is 4.39 Å². The van der Waals surface area contributed by atoms with Crippen LogP contribution in [0.25, 0.3) is 0 Å². The third-order valence-corrected chi connectivity index (χ3v) is 3.53. The molecule has 6 nitrogen and oxygen atoms in total. The Morgan fingerprint density at radius 3 is 2.64 bits per heavy atom. The molecule has 0 aromatic heterocycles. The van der Waals surface area contributed by atoms with Gasteiger partial charge in [-0.3, -0.25) is 14.4 Å². The highest BCUT2D eigenvalue weighted by atomic mass is 79.9. The third-order valence-electron chi connectivity index (χ3n) is 2.84. The number of halogens is 2. The number of hydrogen-bond acceptors (Lipinski definition) is 3. The van der Waals surface area contributed by atoms with Crippen LogP contribution >= 0.6 is 15.9 Å². The van der Waals surface area contributed by atoms with Crippen LogP contribution in [0.1, 0.15) is 23.7 Å². The first kappa shape index (κ1) is 18.1. The third kappa shape index (κ3) is 5.80. The SMILES string of the molecule is CC(CNC(=O)CCNC(=O)c1cc(F)ccc1Br)C(=O)O. The largest absolute Gasteiger partial charge is 0.481 e. The molecule has 3 N–H and O–H groups in total. The first-order valence-electron chi connectivity index (χ1n) is 6.54. The molecule has 0 saturated carbocycles. The number of carbonyl (C=O) groups excluding carboxylic acids is 2. The number of benzene rings is 1. The number of aliphatic carboxylic acids is 1. The van der Waals surface area contributed by atoms with Gasteiger partial charge >= 0.3 is 5.97 Å². The van der Waals surface area contributed by atoms with Gasteiger partial charge < -0.3 is 15.7 Å². The topological polar surface area (TPSA) is 95.5 Å². The summed E-state index contributed by atoms with van der Waals surface area (Å²) in [6.07, 6.45) is 0.00497. The van der Waals surface area contributed by atoms with Gasteiger partial charge in [0.25, 0.3) is 5.91 Å². The number of hydrogen-bond donors (Lipinski definition) is 3. The summed E-state index contributed by atoms with van der Waals surface area (Å²) in [4.78, 5) is 33.9. The predicted molar refractivity (Wildman–Crippen MR) is 80.9 cm³/mol. The maximum absolute atomic E-state index is 13.1. The molecule has 8 heteroatoms. The number of carbonyl (C=O) groups is 3. The lowest BCUT2D eigenvalue weighted by Crippen LogP contribution is -2.34. The van der Waals surface area contributed by atoms with E-state index >= 15 is 0 Å². The number of nitrogens with one attached hydrogen (secondary N) is 2. The minimum Gasteiger partial charge on any atom is -0.481 e. The molecule has 1 atom stereocenters. The molecule has 0 aliphatic rings. The van der Waals surface area contributed by atoms with Crippen molar-refractivity contribution in [3.63, 3.8) is 0 Å². The second-order valence-corrected chi connectivity index (χ2v) is 5.53. The van der Waals surface area contributed by atoms with Crippen LogP contribution in [0.5, 0.6) is 0 Å². The number of carboxylic acids is 1. The molecule has 22 heavy (non-hydrogen) atoms. The van der Waals surface area contributed by atoms with Crippen molar-refractivity contribution < 1.29 is 23.9 Å². The highest BCUT2D eigenvalue weighted by Gasteiger charge is 2.13. The molecule has 2 amide bonds. The summed E-state index contributed by atoms with van der Waals surface area (Å²) in [7, 11) is 0. The molecule has 1 unspecified atom stereocenters. The Balaban J connectivity index is 2.37. The number of rotatable bonds is 7. The molecule has 120 valence electrons. The highest BCUT2D eigenvalue weighted by molar-refractivity contribution is 9.10. The second kappa shape index (κ2) is 8.47. The maximum Gasteiger partial charge on any atom is 0.308 e. The first-order valence-corrected chi connectivity index (χ1v) is 7.33. The van der Waals surface area contributed by atoms with Gasteiger partial charge in [0.1, 0.15) is 5.82 Å². The lowest BCUT2D eigenvalue weighted by atomic mass is 10.2. The second-order valence-electron chi connectivity index (χ2n) is 4.67. The van der Waals surface area contributed by atoms with Gasteiger partial charge in [-0.1, -0.05) is 6.92 Å². The van der Waals surface area contributed by atoms with Gasteiger partial charge in [0, 0.05) is 24.0 Å². The molecule has 0 spiro atoms. The van der Waals surface area contributed by atoms with Crippen molar-refractivity contribution >= 4 is 33.7 Å². The highest BCUT2D eigenvalue weighted by Crippen LogP contribution is 2.17. The molecule has 0 heterocycles. The molecular formula is C14H16BrFN2O4. The summed E-state index contributed by atoms with van der Waals surface area (Å²) in [6.45, 7) is 1.57. The van der Waals surface area contributed by atoms with Gasteiger partial charge in [0.15, 0.2) is 0 Å². The van der Waals surface area contributed by atoms with Crippen LogP contribution in [0, 0.1) is 11.7 Å². The van der Waals surface area contributed by atoms with E-state index in [0.29, 0.717) is 4.47 Å². The number of carboxylic acid groups (broad SMARTS) is 1. The van der Waals surface area contributed by atoms with Crippen LogP contribution in [0.4, 0.5) is 4.39 Å². The Morgan fingerprint density at radius 1 is 1.32 bits per heavy atom. The molecule has 0 aliphatic heterocycles. The van der Waals surface area contributed by atoms with Crippen molar-refractivity contribution in [2.75, 3.05) is 13.1 Å². The summed E-state index contributed by atoms with van der Waals surface area (Å²) >= 11 is 3.14. The maximum atomic E-state index is 13.1. The van der Waals surface area contributed by atoms with Gasteiger partial charge in [0.2, 0.25) is 5.91 Å². The van der Waals surface area contributed by atoms with Crippen molar-refractivity contribution in [1.29, 1.82) is 0 Å². The first-order chi connectivity index (χ1) is 10.3. The minimum absolute atomic E-state index is 0.00497. The normalized spacial score (nSPS) is 11.6. The zero-order chi connectivity index (χ0) is 16.7. The van der Waals surface area contributed by atoms with E-state index < -0.39 is 23.6 Å². The van der Waals surface area contributed by atoms with E-state index in [-0.39, 0.29) is 31.0 Å². The predicted octanol–water partition coefficient (Wildman–Crippen LogP) is 1.54. The van der Waals surface area contributed by atoms with Gasteiger partial charge in [-0.15, -0.1) is 0 Å². The van der Waals surface area contributed by atoms with Crippen LogP contribution in [0.3, 0.4) is 0 Å². The quantitative estimate of drug-likeness (QED) is 0.674. The molecule has 0 saturated heterocycles. The van der Waals surface area contributed by atoms with E-state index in [0.717, 1.165) is 6.07 Å². The zero-order valence-electron chi connectivity index (χ0n) is 11.9. The Kier molecular flexibility index (Phi) is 6.97. The van der Waals surface area contributed by atoms with Crippen molar-refractivity contribution in [1.82, 2.24) is 10.6 Å². The molecule has 1 aromatic carbocycles. The van der Waals surface area contributed by atoms with E-state index in [1.165, 1.54) is 19.1 Å². The Hall–Kier alpha value is -1.96. The zero-order valence-corrected chi connectivity index (χ0v) is 13.4. The van der Waals surface area contributed by atoms with Crippen LogP contribution in [-0.2, 0) is 9.59 Å². The molecule has 1 aromatic rings. The van der Waals surface area contributed by atoms with Gasteiger partial charge in [-0.05, 0) is 34.1 Å². The molecule has 0 bridgehead atoms. The standard InChI is InChI=1S/C14H16BrFN2O4/c1-8(14(21)22)7-18-12(19)4-5-17-13(20)10-6-9(16)2-3-11(10)15/h2-3,6,8H,4-5,7H2,1H3,(H,17,20)(H,18,19)(H,21,22). The fourth-order valence-electron chi connectivity index (χ4n) is 1.50. The molecule has 1 rings (SSSR count). The Labute approximate surface area is 135 Å². The van der Waals surface area contributed by atoms with Crippen molar-refractivity contribution in [3.8, 4) is 0 Å². The van der Waals surface area contributed by atoms with Crippen molar-refractivity contribution in [2.24, 2.45) is 5.92 Å². The van der Waals surface area contributed by atoms with E-state index in [1.54, 1.807) is 0 Å². The number of amides is 2. The fraction of sp³-hybridized carbons (Fsp3) is 0.357. The monoisotopic (exact) mass is 374 g/mol. The summed E-state index contributed by atoms with van der Waals surface area (Å²) in [5.74, 6) is -3.08. The van der Waals surface area contributed by atoms with E-state index in [2.05, 4.69) is 26.6 Å². The Bertz CT molecular complexity index is 580. The van der Waals surface area contributed by atoms with Crippen LogP contribution in [0.15, 0.2) is 22.7 Å². The minimum atomic E-state index is -0.996. The van der Waals surface area contributed by atoms with Gasteiger partial charge in [0.05, 0.1) is 11.5 Å². The summed E-state index contributed by atoms with van der Waals surface area (Å²) in [5.41, 5.74) is 0.139. The van der Waals surface area contributed by atoms with Crippen LogP contribution < -0.4 is 10.6 Å².